The minimum absolute atomic E-state index is 0.160. The Balaban J connectivity index is 1.66. The molecule has 1 saturated carbocycles. The van der Waals surface area contributed by atoms with Crippen molar-refractivity contribution < 1.29 is 35.8 Å². The van der Waals surface area contributed by atoms with E-state index in [0.717, 1.165) is 55.9 Å². The number of halogens is 6. The Hall–Kier alpha value is -2.22. The fourth-order valence-corrected chi connectivity index (χ4v) is 4.51. The van der Waals surface area contributed by atoms with Crippen LogP contribution in [0.15, 0.2) is 42.5 Å². The second-order valence-corrected chi connectivity index (χ2v) is 8.64. The van der Waals surface area contributed by atoms with E-state index < -0.39 is 35.7 Å². The van der Waals surface area contributed by atoms with Crippen molar-refractivity contribution in [3.8, 4) is 5.75 Å². The Morgan fingerprint density at radius 1 is 0.939 bits per heavy atom. The maximum absolute atomic E-state index is 14.7. The van der Waals surface area contributed by atoms with Crippen molar-refractivity contribution >= 4 is 0 Å². The summed E-state index contributed by atoms with van der Waals surface area (Å²) in [5.74, 6) is -0.666. The lowest BCUT2D eigenvalue weighted by Gasteiger charge is -2.29. The SMILES string of the molecule is CCCC1CCC(c2ccc(C(F)(F)OC(C)c3ccc(OC(F)(F)F)cc3)c(F)c2)CC1. The van der Waals surface area contributed by atoms with E-state index in [1.165, 1.54) is 37.6 Å². The average molecular weight is 474 g/mol. The van der Waals surface area contributed by atoms with E-state index in [-0.39, 0.29) is 11.5 Å². The third-order valence-corrected chi connectivity index (χ3v) is 6.23. The maximum Gasteiger partial charge on any atom is 0.573 e. The molecule has 3 rings (SSSR count). The predicted molar refractivity (Wildman–Crippen MR) is 113 cm³/mol. The molecule has 0 saturated heterocycles. The van der Waals surface area contributed by atoms with Crippen LogP contribution in [0.2, 0.25) is 0 Å². The summed E-state index contributed by atoms with van der Waals surface area (Å²) in [6.07, 6.45) is -3.69. The highest BCUT2D eigenvalue weighted by Crippen LogP contribution is 2.41. The summed E-state index contributed by atoms with van der Waals surface area (Å²) in [6.45, 7) is 3.47. The zero-order valence-corrected chi connectivity index (χ0v) is 18.6. The molecule has 0 aliphatic heterocycles. The van der Waals surface area contributed by atoms with Gasteiger partial charge in [-0.05, 0) is 79.8 Å². The van der Waals surface area contributed by atoms with Crippen molar-refractivity contribution in [3.05, 3.63) is 65.0 Å². The van der Waals surface area contributed by atoms with Crippen LogP contribution in [-0.4, -0.2) is 6.36 Å². The highest BCUT2D eigenvalue weighted by molar-refractivity contribution is 5.31. The molecular weight excluding hydrogens is 446 g/mol. The molecule has 0 heterocycles. The van der Waals surface area contributed by atoms with Gasteiger partial charge in [0.25, 0.3) is 0 Å². The number of ether oxygens (including phenoxy) is 2. The smallest absolute Gasteiger partial charge is 0.406 e. The molecule has 1 unspecified atom stereocenters. The second-order valence-electron chi connectivity index (χ2n) is 8.64. The van der Waals surface area contributed by atoms with E-state index >= 15 is 0 Å². The van der Waals surface area contributed by atoms with Gasteiger partial charge in [0.15, 0.2) is 0 Å². The molecule has 1 aliphatic carbocycles. The summed E-state index contributed by atoms with van der Waals surface area (Å²) in [5, 5.41) is 0. The highest BCUT2D eigenvalue weighted by atomic mass is 19.4. The zero-order chi connectivity index (χ0) is 24.2. The molecule has 33 heavy (non-hydrogen) atoms. The van der Waals surface area contributed by atoms with Gasteiger partial charge in [-0.2, -0.15) is 8.78 Å². The number of hydrogen-bond acceptors (Lipinski definition) is 2. The number of hydrogen-bond donors (Lipinski definition) is 0. The minimum Gasteiger partial charge on any atom is -0.406 e. The van der Waals surface area contributed by atoms with Gasteiger partial charge in [0.2, 0.25) is 0 Å². The van der Waals surface area contributed by atoms with Crippen LogP contribution in [0.1, 0.15) is 81.1 Å². The highest BCUT2D eigenvalue weighted by Gasteiger charge is 2.39. The van der Waals surface area contributed by atoms with E-state index in [4.69, 9.17) is 4.74 Å². The molecule has 2 aromatic carbocycles. The van der Waals surface area contributed by atoms with E-state index in [1.54, 1.807) is 0 Å². The summed E-state index contributed by atoms with van der Waals surface area (Å²) in [5.41, 5.74) is 0.0511. The first-order valence-electron chi connectivity index (χ1n) is 11.2. The third kappa shape index (κ3) is 6.88. The number of benzene rings is 2. The third-order valence-electron chi connectivity index (χ3n) is 6.23. The standard InChI is InChI=1S/C25H28F6O2/c1-3-4-17-5-7-19(8-6-17)20-11-14-22(23(26)15-20)24(27,28)32-16(2)18-9-12-21(13-10-18)33-25(29,30)31/h9-17,19H,3-8H2,1-2H3. The van der Waals surface area contributed by atoms with E-state index in [1.807, 2.05) is 0 Å². The van der Waals surface area contributed by atoms with Crippen molar-refractivity contribution in [2.45, 2.75) is 76.9 Å². The molecule has 182 valence electrons. The summed E-state index contributed by atoms with van der Waals surface area (Å²) >= 11 is 0. The van der Waals surface area contributed by atoms with Crippen LogP contribution >= 0.6 is 0 Å². The maximum atomic E-state index is 14.7. The normalized spacial score (nSPS) is 20.5. The molecule has 1 aliphatic rings. The van der Waals surface area contributed by atoms with Gasteiger partial charge in [-0.1, -0.05) is 38.0 Å². The van der Waals surface area contributed by atoms with Gasteiger partial charge in [0.1, 0.15) is 11.6 Å². The first-order chi connectivity index (χ1) is 15.5. The van der Waals surface area contributed by atoms with Crippen LogP contribution < -0.4 is 4.74 Å². The summed E-state index contributed by atoms with van der Waals surface area (Å²) in [6, 6.07) is 8.17. The van der Waals surface area contributed by atoms with E-state index in [2.05, 4.69) is 11.7 Å². The summed E-state index contributed by atoms with van der Waals surface area (Å²) in [4.78, 5) is 0. The predicted octanol–water partition coefficient (Wildman–Crippen LogP) is 8.63. The van der Waals surface area contributed by atoms with Gasteiger partial charge in [-0.15, -0.1) is 13.2 Å². The minimum atomic E-state index is -4.85. The van der Waals surface area contributed by atoms with Gasteiger partial charge >= 0.3 is 12.5 Å². The van der Waals surface area contributed by atoms with Crippen LogP contribution in [0.3, 0.4) is 0 Å². The lowest BCUT2D eigenvalue weighted by Crippen LogP contribution is -2.22. The van der Waals surface area contributed by atoms with Gasteiger partial charge in [0, 0.05) is 0 Å². The molecule has 1 atom stereocenters. The molecule has 0 bridgehead atoms. The Bertz CT molecular complexity index is 902. The Labute approximate surface area is 189 Å². The zero-order valence-electron chi connectivity index (χ0n) is 18.6. The molecule has 0 N–H and O–H groups in total. The van der Waals surface area contributed by atoms with E-state index in [0.29, 0.717) is 5.92 Å². The van der Waals surface area contributed by atoms with Crippen molar-refractivity contribution in [3.63, 3.8) is 0 Å². The van der Waals surface area contributed by atoms with Crippen molar-refractivity contribution in [2.24, 2.45) is 5.92 Å². The van der Waals surface area contributed by atoms with Crippen molar-refractivity contribution in [1.29, 1.82) is 0 Å². The summed E-state index contributed by atoms with van der Waals surface area (Å²) in [7, 11) is 0. The van der Waals surface area contributed by atoms with E-state index in [9.17, 15) is 26.3 Å². The Morgan fingerprint density at radius 2 is 1.58 bits per heavy atom. The van der Waals surface area contributed by atoms with Crippen LogP contribution in [0.4, 0.5) is 26.3 Å². The molecule has 0 spiro atoms. The fourth-order valence-electron chi connectivity index (χ4n) is 4.51. The first kappa shape index (κ1) is 25.4. The van der Waals surface area contributed by atoms with Gasteiger partial charge < -0.3 is 9.47 Å². The summed E-state index contributed by atoms with van der Waals surface area (Å²) < 4.78 is 89.5. The van der Waals surface area contributed by atoms with Gasteiger partial charge in [0.05, 0.1) is 11.7 Å². The molecule has 2 aromatic rings. The van der Waals surface area contributed by atoms with Crippen molar-refractivity contribution in [1.82, 2.24) is 0 Å². The van der Waals surface area contributed by atoms with Crippen LogP contribution in [0, 0.1) is 11.7 Å². The number of alkyl halides is 5. The van der Waals surface area contributed by atoms with Crippen LogP contribution in [-0.2, 0) is 10.8 Å². The van der Waals surface area contributed by atoms with Crippen LogP contribution in [0.25, 0.3) is 0 Å². The molecule has 1 fully saturated rings. The molecular formula is C25H28F6O2. The molecule has 2 nitrogen and oxygen atoms in total. The Morgan fingerprint density at radius 3 is 2.12 bits per heavy atom. The lowest BCUT2D eigenvalue weighted by molar-refractivity contribution is -0.274. The molecule has 0 radical (unpaired) electrons. The quantitative estimate of drug-likeness (QED) is 0.357. The van der Waals surface area contributed by atoms with Crippen LogP contribution in [0.5, 0.6) is 5.75 Å². The average Bonchev–Trinajstić information content (AvgIpc) is 2.73. The van der Waals surface area contributed by atoms with Gasteiger partial charge in [-0.3, -0.25) is 0 Å². The Kier molecular flexibility index (Phi) is 7.98. The monoisotopic (exact) mass is 474 g/mol. The molecule has 0 aromatic heterocycles. The molecule has 0 amide bonds. The van der Waals surface area contributed by atoms with Gasteiger partial charge in [-0.25, -0.2) is 4.39 Å². The van der Waals surface area contributed by atoms with Crippen molar-refractivity contribution in [2.75, 3.05) is 0 Å². The first-order valence-corrected chi connectivity index (χ1v) is 11.2. The second kappa shape index (κ2) is 10.4. The topological polar surface area (TPSA) is 18.5 Å². The number of rotatable bonds is 8. The lowest BCUT2D eigenvalue weighted by atomic mass is 9.77. The fraction of sp³-hybridized carbons (Fsp3) is 0.520. The molecule has 8 heteroatoms. The largest absolute Gasteiger partial charge is 0.573 e.